The zero-order valence-corrected chi connectivity index (χ0v) is 17.9. The summed E-state index contributed by atoms with van der Waals surface area (Å²) in [6.07, 6.45) is 1.67. The second-order valence-electron chi connectivity index (χ2n) is 6.33. The lowest BCUT2D eigenvalue weighted by Crippen LogP contribution is -2.25. The summed E-state index contributed by atoms with van der Waals surface area (Å²) >= 11 is 0. The molecule has 0 bridgehead atoms. The molecule has 6 nitrogen and oxygen atoms in total. The van der Waals surface area contributed by atoms with Crippen LogP contribution in [0.5, 0.6) is 0 Å². The highest BCUT2D eigenvalue weighted by Crippen LogP contribution is 2.15. The van der Waals surface area contributed by atoms with Gasteiger partial charge < -0.3 is 9.47 Å². The van der Waals surface area contributed by atoms with E-state index in [4.69, 9.17) is 4.74 Å². The van der Waals surface area contributed by atoms with E-state index in [1.807, 2.05) is 12.1 Å². The van der Waals surface area contributed by atoms with Gasteiger partial charge in [0, 0.05) is 11.1 Å². The van der Waals surface area contributed by atoms with Crippen molar-refractivity contribution < 1.29 is 28.7 Å². The first-order valence-corrected chi connectivity index (χ1v) is 10.0. The molecule has 2 aromatic rings. The number of Topliss-reactive ketones (excluding diaryl/α,β-unsaturated/α-hetero) is 2. The van der Waals surface area contributed by atoms with Gasteiger partial charge >= 0.3 is 11.9 Å². The lowest BCUT2D eigenvalue weighted by molar-refractivity contribution is -0.146. The van der Waals surface area contributed by atoms with E-state index in [-0.39, 0.29) is 24.6 Å². The van der Waals surface area contributed by atoms with Crippen LogP contribution in [0.2, 0.25) is 0 Å². The van der Waals surface area contributed by atoms with Crippen LogP contribution in [-0.4, -0.2) is 36.7 Å². The predicted octanol–water partition coefficient (Wildman–Crippen LogP) is 4.45. The molecular weight excluding hydrogens is 396 g/mol. The first-order valence-electron chi connectivity index (χ1n) is 10.0. The second kappa shape index (κ2) is 14.4. The molecule has 0 radical (unpaired) electrons. The van der Waals surface area contributed by atoms with Crippen molar-refractivity contribution in [2.24, 2.45) is 5.92 Å². The van der Waals surface area contributed by atoms with Crippen LogP contribution >= 0.6 is 0 Å². The van der Waals surface area contributed by atoms with Crippen LogP contribution < -0.4 is 0 Å². The Morgan fingerprint density at radius 1 is 0.839 bits per heavy atom. The first-order chi connectivity index (χ1) is 14.9. The average Bonchev–Trinajstić information content (AvgIpc) is 2.79. The van der Waals surface area contributed by atoms with Gasteiger partial charge in [-0.15, -0.1) is 6.58 Å². The maximum atomic E-state index is 12.1. The monoisotopic (exact) mass is 424 g/mol. The van der Waals surface area contributed by atoms with Crippen LogP contribution in [0, 0.1) is 5.92 Å². The zero-order valence-electron chi connectivity index (χ0n) is 17.9. The quantitative estimate of drug-likeness (QED) is 0.242. The number of ketones is 2. The minimum atomic E-state index is -0.783. The van der Waals surface area contributed by atoms with Gasteiger partial charge in [0.05, 0.1) is 13.2 Å². The molecule has 0 aromatic heterocycles. The normalized spacial score (nSPS) is 10.6. The highest BCUT2D eigenvalue weighted by atomic mass is 16.5. The van der Waals surface area contributed by atoms with Crippen molar-refractivity contribution >= 4 is 23.5 Å². The number of carbonyl (C=O) groups is 4. The van der Waals surface area contributed by atoms with E-state index >= 15 is 0 Å². The van der Waals surface area contributed by atoms with Gasteiger partial charge in [-0.2, -0.15) is 0 Å². The van der Waals surface area contributed by atoms with Crippen LogP contribution in [0.3, 0.4) is 0 Å². The third-order valence-electron chi connectivity index (χ3n) is 4.05. The standard InChI is InChI=1S/C14H16O3.C11H12O3/c1-3-8-12(14(16)17-4-2)13(15)11-9-6-5-7-10-11;1-2-14-11(13)8-10(12)9-6-4-3-5-7-9/h3,5-7,9-10,12H,1,4,8H2,2H3;3-7H,2,8H2,1H3. The molecule has 1 unspecified atom stereocenters. The van der Waals surface area contributed by atoms with E-state index in [1.165, 1.54) is 0 Å². The molecule has 0 fully saturated rings. The van der Waals surface area contributed by atoms with Gasteiger partial charge in [-0.05, 0) is 20.3 Å². The molecule has 164 valence electrons. The Labute approximate surface area is 182 Å². The van der Waals surface area contributed by atoms with E-state index in [1.54, 1.807) is 68.5 Å². The fourth-order valence-corrected chi connectivity index (χ4v) is 2.59. The molecule has 6 heteroatoms. The summed E-state index contributed by atoms with van der Waals surface area (Å²) in [6, 6.07) is 17.5. The molecule has 0 heterocycles. The van der Waals surface area contributed by atoms with Crippen molar-refractivity contribution in [2.45, 2.75) is 26.7 Å². The Morgan fingerprint density at radius 2 is 1.35 bits per heavy atom. The van der Waals surface area contributed by atoms with E-state index in [0.29, 0.717) is 24.2 Å². The van der Waals surface area contributed by atoms with Gasteiger partial charge in [0.25, 0.3) is 0 Å². The van der Waals surface area contributed by atoms with Gasteiger partial charge in [0.15, 0.2) is 11.6 Å². The third kappa shape index (κ3) is 9.21. The number of esters is 2. The molecule has 2 rings (SSSR count). The minimum Gasteiger partial charge on any atom is -0.466 e. The third-order valence-corrected chi connectivity index (χ3v) is 4.05. The van der Waals surface area contributed by atoms with Crippen molar-refractivity contribution in [3.8, 4) is 0 Å². The molecule has 0 amide bonds. The fraction of sp³-hybridized carbons (Fsp3) is 0.280. The summed E-state index contributed by atoms with van der Waals surface area (Å²) in [5.74, 6) is -2.16. The number of rotatable bonds is 10. The summed E-state index contributed by atoms with van der Waals surface area (Å²) in [7, 11) is 0. The van der Waals surface area contributed by atoms with E-state index < -0.39 is 17.9 Å². The van der Waals surface area contributed by atoms with E-state index in [0.717, 1.165) is 0 Å². The number of carbonyl (C=O) groups excluding carboxylic acids is 4. The molecule has 0 aliphatic rings. The number of hydrogen-bond acceptors (Lipinski definition) is 6. The number of benzene rings is 2. The summed E-state index contributed by atoms with van der Waals surface area (Å²) < 4.78 is 9.57. The Morgan fingerprint density at radius 3 is 1.84 bits per heavy atom. The minimum absolute atomic E-state index is 0.183. The summed E-state index contributed by atoms with van der Waals surface area (Å²) in [6.45, 7) is 7.57. The average molecular weight is 424 g/mol. The van der Waals surface area contributed by atoms with E-state index in [9.17, 15) is 19.2 Å². The zero-order chi connectivity index (χ0) is 23.1. The van der Waals surface area contributed by atoms with Gasteiger partial charge in [0.2, 0.25) is 0 Å². The second-order valence-corrected chi connectivity index (χ2v) is 6.33. The number of hydrogen-bond donors (Lipinski definition) is 0. The lowest BCUT2D eigenvalue weighted by Gasteiger charge is -2.12. The van der Waals surface area contributed by atoms with Crippen molar-refractivity contribution in [3.63, 3.8) is 0 Å². The molecule has 1 atom stereocenters. The van der Waals surface area contributed by atoms with Crippen LogP contribution in [0.15, 0.2) is 73.3 Å². The molecule has 0 aliphatic heterocycles. The summed E-state index contributed by atoms with van der Waals surface area (Å²) in [5, 5.41) is 0. The lowest BCUT2D eigenvalue weighted by atomic mass is 9.95. The topological polar surface area (TPSA) is 86.7 Å². The molecule has 0 spiro atoms. The molecule has 0 saturated carbocycles. The van der Waals surface area contributed by atoms with Crippen LogP contribution in [0.1, 0.15) is 47.4 Å². The Bertz CT molecular complexity index is 858. The van der Waals surface area contributed by atoms with Gasteiger partial charge in [-0.1, -0.05) is 66.7 Å². The Hall–Kier alpha value is -3.54. The molecule has 0 N–H and O–H groups in total. The largest absolute Gasteiger partial charge is 0.466 e. The van der Waals surface area contributed by atoms with Crippen molar-refractivity contribution in [1.82, 2.24) is 0 Å². The van der Waals surface area contributed by atoms with Gasteiger partial charge in [-0.25, -0.2) is 0 Å². The fourth-order valence-electron chi connectivity index (χ4n) is 2.59. The summed E-state index contributed by atoms with van der Waals surface area (Å²) in [4.78, 5) is 46.2. The van der Waals surface area contributed by atoms with Crippen LogP contribution in [-0.2, 0) is 19.1 Å². The maximum Gasteiger partial charge on any atom is 0.317 e. The molecule has 0 saturated heterocycles. The highest BCUT2D eigenvalue weighted by molar-refractivity contribution is 6.08. The van der Waals surface area contributed by atoms with Gasteiger partial charge in [0.1, 0.15) is 12.3 Å². The molecule has 31 heavy (non-hydrogen) atoms. The predicted molar refractivity (Wildman–Crippen MR) is 118 cm³/mol. The smallest absolute Gasteiger partial charge is 0.317 e. The Balaban J connectivity index is 0.000000316. The van der Waals surface area contributed by atoms with Crippen molar-refractivity contribution in [2.75, 3.05) is 13.2 Å². The van der Waals surface area contributed by atoms with E-state index in [2.05, 4.69) is 11.3 Å². The molecule has 0 aliphatic carbocycles. The van der Waals surface area contributed by atoms with Crippen molar-refractivity contribution in [1.29, 1.82) is 0 Å². The molecular formula is C25H28O6. The number of allylic oxidation sites excluding steroid dienone is 1. The highest BCUT2D eigenvalue weighted by Gasteiger charge is 2.27. The van der Waals surface area contributed by atoms with Gasteiger partial charge in [-0.3, -0.25) is 19.2 Å². The van der Waals surface area contributed by atoms with Crippen LogP contribution in [0.4, 0.5) is 0 Å². The SMILES string of the molecule is C=CCC(C(=O)OCC)C(=O)c1ccccc1.CCOC(=O)CC(=O)c1ccccc1. The number of ether oxygens (including phenoxy) is 2. The maximum absolute atomic E-state index is 12.1. The van der Waals surface area contributed by atoms with Crippen molar-refractivity contribution in [3.05, 3.63) is 84.4 Å². The summed E-state index contributed by atoms with van der Waals surface area (Å²) in [5.41, 5.74) is 1.06. The molecule has 2 aromatic carbocycles. The van der Waals surface area contributed by atoms with Crippen LogP contribution in [0.25, 0.3) is 0 Å². The Kier molecular flexibility index (Phi) is 11.9. The first kappa shape index (κ1) is 25.5.